The van der Waals surface area contributed by atoms with Crippen molar-refractivity contribution in [3.63, 3.8) is 0 Å². The highest BCUT2D eigenvalue weighted by atomic mass is 16.3. The van der Waals surface area contributed by atoms with Gasteiger partial charge in [0.15, 0.2) is 0 Å². The number of nitrogens with zero attached hydrogens (tertiary/aromatic N) is 1. The molecule has 86 valence electrons. The highest BCUT2D eigenvalue weighted by Crippen LogP contribution is 2.12. The Morgan fingerprint density at radius 1 is 1.38 bits per heavy atom. The molecule has 0 aromatic heterocycles. The van der Waals surface area contributed by atoms with Gasteiger partial charge in [0, 0.05) is 18.8 Å². The lowest BCUT2D eigenvalue weighted by molar-refractivity contribution is 0.0883. The third-order valence-electron chi connectivity index (χ3n) is 2.71. The van der Waals surface area contributed by atoms with E-state index in [1.165, 1.54) is 0 Å². The number of urea groups is 1. The summed E-state index contributed by atoms with van der Waals surface area (Å²) < 4.78 is 0. The van der Waals surface area contributed by atoms with Crippen molar-refractivity contribution < 1.29 is 9.90 Å². The van der Waals surface area contributed by atoms with Gasteiger partial charge in [0.2, 0.25) is 0 Å². The summed E-state index contributed by atoms with van der Waals surface area (Å²) in [6.45, 7) is 1.15. The Hall–Kier alpha value is -1.55. The maximum Gasteiger partial charge on any atom is 0.321 e. The molecule has 1 aromatic rings. The number of likely N-dealkylation sites (tertiary alicyclic amines) is 1. The van der Waals surface area contributed by atoms with Crippen molar-refractivity contribution in [1.29, 1.82) is 0 Å². The number of amides is 2. The molecule has 4 heteroatoms. The zero-order valence-electron chi connectivity index (χ0n) is 9.10. The molecule has 1 aromatic carbocycles. The highest BCUT2D eigenvalue weighted by Gasteiger charge is 2.21. The molecule has 0 aliphatic carbocycles. The van der Waals surface area contributed by atoms with Crippen LogP contribution in [0.1, 0.15) is 12.8 Å². The van der Waals surface area contributed by atoms with Crippen LogP contribution in [-0.2, 0) is 0 Å². The van der Waals surface area contributed by atoms with Crippen LogP contribution in [0.15, 0.2) is 30.3 Å². The Labute approximate surface area is 94.9 Å². The average molecular weight is 220 g/mol. The molecule has 4 nitrogen and oxygen atoms in total. The molecule has 0 bridgehead atoms. The lowest BCUT2D eigenvalue weighted by Gasteiger charge is -2.30. The molecule has 0 radical (unpaired) electrons. The summed E-state index contributed by atoms with van der Waals surface area (Å²) >= 11 is 0. The minimum Gasteiger partial charge on any atom is -0.391 e. The summed E-state index contributed by atoms with van der Waals surface area (Å²) in [7, 11) is 0. The van der Waals surface area contributed by atoms with Crippen LogP contribution in [0.2, 0.25) is 0 Å². The van der Waals surface area contributed by atoms with Crippen molar-refractivity contribution in [2.24, 2.45) is 0 Å². The smallest absolute Gasteiger partial charge is 0.321 e. The molecule has 2 N–H and O–H groups in total. The normalized spacial score (nSPS) is 20.6. The van der Waals surface area contributed by atoms with E-state index < -0.39 is 0 Å². The van der Waals surface area contributed by atoms with Crippen LogP contribution in [0.25, 0.3) is 0 Å². The number of benzene rings is 1. The number of anilines is 1. The standard InChI is InChI=1S/C12H16N2O2/c15-11-7-4-8-14(9-11)12(16)13-10-5-2-1-3-6-10/h1-3,5-6,11,15H,4,7-9H2,(H,13,16). The summed E-state index contributed by atoms with van der Waals surface area (Å²) in [5.41, 5.74) is 0.785. The van der Waals surface area contributed by atoms with Crippen LogP contribution < -0.4 is 5.32 Å². The van der Waals surface area contributed by atoms with Crippen LogP contribution in [0.5, 0.6) is 0 Å². The molecular weight excluding hydrogens is 204 g/mol. The van der Waals surface area contributed by atoms with E-state index in [9.17, 15) is 9.90 Å². The van der Waals surface area contributed by atoms with E-state index in [0.717, 1.165) is 25.1 Å². The first-order chi connectivity index (χ1) is 7.75. The molecule has 1 aliphatic rings. The van der Waals surface area contributed by atoms with Crippen molar-refractivity contribution in [2.45, 2.75) is 18.9 Å². The molecule has 0 spiro atoms. The molecule has 1 saturated heterocycles. The second-order valence-electron chi connectivity index (χ2n) is 4.04. The fourth-order valence-electron chi connectivity index (χ4n) is 1.86. The van der Waals surface area contributed by atoms with Crippen molar-refractivity contribution in [2.75, 3.05) is 18.4 Å². The van der Waals surface area contributed by atoms with Crippen molar-refractivity contribution in [3.8, 4) is 0 Å². The quantitative estimate of drug-likeness (QED) is 0.756. The highest BCUT2D eigenvalue weighted by molar-refractivity contribution is 5.89. The summed E-state index contributed by atoms with van der Waals surface area (Å²) in [5, 5.41) is 12.3. The van der Waals surface area contributed by atoms with Gasteiger partial charge in [-0.25, -0.2) is 4.79 Å². The van der Waals surface area contributed by atoms with Gasteiger partial charge in [-0.15, -0.1) is 0 Å². The number of carbonyl (C=O) groups excluding carboxylic acids is 1. The second kappa shape index (κ2) is 4.99. The fourth-order valence-corrected chi connectivity index (χ4v) is 1.86. The molecule has 1 fully saturated rings. The molecule has 16 heavy (non-hydrogen) atoms. The van der Waals surface area contributed by atoms with E-state index in [1.807, 2.05) is 30.3 Å². The first kappa shape index (κ1) is 11.0. The van der Waals surface area contributed by atoms with Gasteiger partial charge in [0.05, 0.1) is 6.10 Å². The van der Waals surface area contributed by atoms with E-state index in [2.05, 4.69) is 5.32 Å². The maximum absolute atomic E-state index is 11.8. The van der Waals surface area contributed by atoms with Gasteiger partial charge < -0.3 is 15.3 Å². The third-order valence-corrected chi connectivity index (χ3v) is 2.71. The molecule has 2 rings (SSSR count). The topological polar surface area (TPSA) is 52.6 Å². The number of aliphatic hydroxyl groups is 1. The summed E-state index contributed by atoms with van der Waals surface area (Å²) in [6.07, 6.45) is 1.27. The predicted octanol–water partition coefficient (Wildman–Crippen LogP) is 1.68. The van der Waals surface area contributed by atoms with E-state index in [1.54, 1.807) is 4.90 Å². The number of aliphatic hydroxyl groups excluding tert-OH is 1. The van der Waals surface area contributed by atoms with Crippen molar-refractivity contribution >= 4 is 11.7 Å². The van der Waals surface area contributed by atoms with Crippen LogP contribution in [-0.4, -0.2) is 35.2 Å². The summed E-state index contributed by atoms with van der Waals surface area (Å²) in [6, 6.07) is 9.21. The van der Waals surface area contributed by atoms with Crippen LogP contribution in [0.4, 0.5) is 10.5 Å². The second-order valence-corrected chi connectivity index (χ2v) is 4.04. The van der Waals surface area contributed by atoms with E-state index in [4.69, 9.17) is 0 Å². The van der Waals surface area contributed by atoms with Crippen molar-refractivity contribution in [1.82, 2.24) is 4.90 Å². The molecule has 1 atom stereocenters. The van der Waals surface area contributed by atoms with Crippen LogP contribution in [0.3, 0.4) is 0 Å². The Morgan fingerprint density at radius 2 is 2.12 bits per heavy atom. The molecule has 1 unspecified atom stereocenters. The Bertz CT molecular complexity index is 353. The van der Waals surface area contributed by atoms with Crippen LogP contribution >= 0.6 is 0 Å². The van der Waals surface area contributed by atoms with Gasteiger partial charge in [-0.1, -0.05) is 18.2 Å². The largest absolute Gasteiger partial charge is 0.391 e. The SMILES string of the molecule is O=C(Nc1ccccc1)N1CCCC(O)C1. The van der Waals surface area contributed by atoms with E-state index in [-0.39, 0.29) is 12.1 Å². The van der Waals surface area contributed by atoms with Crippen LogP contribution in [0, 0.1) is 0 Å². The lowest BCUT2D eigenvalue weighted by atomic mass is 10.1. The number of carbonyl (C=O) groups is 1. The van der Waals surface area contributed by atoms with Gasteiger partial charge in [-0.2, -0.15) is 0 Å². The predicted molar refractivity (Wildman–Crippen MR) is 62.3 cm³/mol. The minimum absolute atomic E-state index is 0.134. The molecule has 1 aliphatic heterocycles. The molecular formula is C12H16N2O2. The Morgan fingerprint density at radius 3 is 2.81 bits per heavy atom. The number of nitrogens with one attached hydrogen (secondary N) is 1. The fraction of sp³-hybridized carbons (Fsp3) is 0.417. The number of hydrogen-bond acceptors (Lipinski definition) is 2. The molecule has 0 saturated carbocycles. The zero-order chi connectivity index (χ0) is 11.4. The number of para-hydroxylation sites is 1. The van der Waals surface area contributed by atoms with E-state index in [0.29, 0.717) is 6.54 Å². The summed E-state index contributed by atoms with van der Waals surface area (Å²) in [4.78, 5) is 13.5. The third kappa shape index (κ3) is 2.73. The number of rotatable bonds is 1. The molecule has 1 heterocycles. The van der Waals surface area contributed by atoms with Gasteiger partial charge in [-0.3, -0.25) is 0 Å². The zero-order valence-corrected chi connectivity index (χ0v) is 9.10. The van der Waals surface area contributed by atoms with E-state index >= 15 is 0 Å². The monoisotopic (exact) mass is 220 g/mol. The van der Waals surface area contributed by atoms with Gasteiger partial charge >= 0.3 is 6.03 Å². The van der Waals surface area contributed by atoms with Gasteiger partial charge in [-0.05, 0) is 25.0 Å². The number of β-amino-alcohol motifs (C(OH)–C–C–N with tert-alkyl or cyclic N) is 1. The molecule has 2 amide bonds. The van der Waals surface area contributed by atoms with Gasteiger partial charge in [0.25, 0.3) is 0 Å². The number of hydrogen-bond donors (Lipinski definition) is 2. The average Bonchev–Trinajstić information content (AvgIpc) is 2.30. The maximum atomic E-state index is 11.8. The Kier molecular flexibility index (Phi) is 3.41. The summed E-state index contributed by atoms with van der Waals surface area (Å²) in [5.74, 6) is 0. The van der Waals surface area contributed by atoms with Gasteiger partial charge in [0.1, 0.15) is 0 Å². The number of piperidine rings is 1. The first-order valence-corrected chi connectivity index (χ1v) is 5.55. The Balaban J connectivity index is 1.93. The van der Waals surface area contributed by atoms with Crippen molar-refractivity contribution in [3.05, 3.63) is 30.3 Å². The lowest BCUT2D eigenvalue weighted by Crippen LogP contribution is -2.44. The minimum atomic E-state index is -0.379. The first-order valence-electron chi connectivity index (χ1n) is 5.55.